The van der Waals surface area contributed by atoms with Gasteiger partial charge in [-0.1, -0.05) is 0 Å². The third kappa shape index (κ3) is 4.96. The molecule has 0 aromatic heterocycles. The van der Waals surface area contributed by atoms with Crippen molar-refractivity contribution in [1.82, 2.24) is 5.32 Å². The van der Waals surface area contributed by atoms with E-state index in [2.05, 4.69) is 5.32 Å². The van der Waals surface area contributed by atoms with Gasteiger partial charge in [-0.05, 0) is 49.9 Å². The van der Waals surface area contributed by atoms with Gasteiger partial charge in [-0.2, -0.15) is 0 Å². The lowest BCUT2D eigenvalue weighted by Crippen LogP contribution is -2.33. The Morgan fingerprint density at radius 1 is 1.50 bits per heavy atom. The highest BCUT2D eigenvalue weighted by atomic mass is 19.1. The normalized spacial score (nSPS) is 18.0. The molecular formula is C16H23FN2O3. The second kappa shape index (κ2) is 8.70. The van der Waals surface area contributed by atoms with Gasteiger partial charge in [-0.25, -0.2) is 4.39 Å². The molecule has 1 aromatic carbocycles. The largest absolute Gasteiger partial charge is 0.493 e. The van der Waals surface area contributed by atoms with Crippen LogP contribution in [0.5, 0.6) is 5.75 Å². The molecule has 0 saturated carbocycles. The van der Waals surface area contributed by atoms with Gasteiger partial charge < -0.3 is 20.5 Å². The summed E-state index contributed by atoms with van der Waals surface area (Å²) in [6, 6.07) is 3.96. The van der Waals surface area contributed by atoms with Crippen LogP contribution in [-0.4, -0.2) is 38.8 Å². The van der Waals surface area contributed by atoms with Crippen LogP contribution in [0.15, 0.2) is 18.2 Å². The van der Waals surface area contributed by atoms with E-state index in [4.69, 9.17) is 15.2 Å². The molecule has 2 rings (SSSR count). The number of amides is 1. The summed E-state index contributed by atoms with van der Waals surface area (Å²) in [5.74, 6) is -0.0924. The predicted octanol–water partition coefficient (Wildman–Crippen LogP) is 1.71. The number of halogens is 1. The van der Waals surface area contributed by atoms with Gasteiger partial charge in [0.25, 0.3) is 5.91 Å². The number of hydrogen-bond acceptors (Lipinski definition) is 4. The van der Waals surface area contributed by atoms with E-state index in [0.717, 1.165) is 19.4 Å². The quantitative estimate of drug-likeness (QED) is 0.752. The number of ether oxygens (including phenoxy) is 2. The molecule has 1 heterocycles. The van der Waals surface area contributed by atoms with Crippen LogP contribution in [0.4, 0.5) is 4.39 Å². The van der Waals surface area contributed by atoms with E-state index in [1.165, 1.54) is 18.2 Å². The molecule has 5 nitrogen and oxygen atoms in total. The van der Waals surface area contributed by atoms with Gasteiger partial charge in [0.1, 0.15) is 11.6 Å². The summed E-state index contributed by atoms with van der Waals surface area (Å²) in [6.07, 6.45) is 2.72. The molecular weight excluding hydrogens is 287 g/mol. The van der Waals surface area contributed by atoms with E-state index in [9.17, 15) is 9.18 Å². The second-order valence-electron chi connectivity index (χ2n) is 5.42. The summed E-state index contributed by atoms with van der Waals surface area (Å²) >= 11 is 0. The lowest BCUT2D eigenvalue weighted by atomic mass is 10.0. The van der Waals surface area contributed by atoms with Crippen LogP contribution >= 0.6 is 0 Å². The van der Waals surface area contributed by atoms with Gasteiger partial charge in [-0.3, -0.25) is 4.79 Å². The maximum Gasteiger partial charge on any atom is 0.255 e. The highest BCUT2D eigenvalue weighted by Crippen LogP contribution is 2.20. The highest BCUT2D eigenvalue weighted by molar-refractivity contribution is 5.96. The molecule has 122 valence electrons. The lowest BCUT2D eigenvalue weighted by molar-refractivity contribution is 0.0536. The van der Waals surface area contributed by atoms with Crippen LogP contribution in [0.3, 0.4) is 0 Å². The monoisotopic (exact) mass is 310 g/mol. The molecule has 1 aliphatic heterocycles. The Balaban J connectivity index is 1.95. The van der Waals surface area contributed by atoms with Gasteiger partial charge >= 0.3 is 0 Å². The van der Waals surface area contributed by atoms with Crippen molar-refractivity contribution in [2.45, 2.75) is 19.3 Å². The number of nitrogens with one attached hydrogen (secondary N) is 1. The zero-order chi connectivity index (χ0) is 15.8. The summed E-state index contributed by atoms with van der Waals surface area (Å²) in [5.41, 5.74) is 5.63. The Kier molecular flexibility index (Phi) is 6.61. The molecule has 6 heteroatoms. The van der Waals surface area contributed by atoms with E-state index in [1.54, 1.807) is 0 Å². The van der Waals surface area contributed by atoms with Crippen molar-refractivity contribution < 1.29 is 18.7 Å². The molecule has 1 aliphatic rings. The van der Waals surface area contributed by atoms with Crippen molar-refractivity contribution in [3.05, 3.63) is 29.6 Å². The van der Waals surface area contributed by atoms with Crippen LogP contribution in [0, 0.1) is 11.7 Å². The number of rotatable bonds is 7. The molecule has 0 radical (unpaired) electrons. The van der Waals surface area contributed by atoms with E-state index < -0.39 is 5.82 Å². The standard InChI is InChI=1S/C16H23FN2O3/c17-13-4-5-15(22-8-2-6-18)14(9-13)16(20)19-10-12-3-1-7-21-11-12/h4-5,9,12H,1-3,6-8,10-11,18H2,(H,19,20)/t12-/m0/s1. The summed E-state index contributed by atoms with van der Waals surface area (Å²) < 4.78 is 24.3. The van der Waals surface area contributed by atoms with Crippen molar-refractivity contribution in [3.8, 4) is 5.75 Å². The Hall–Kier alpha value is -1.66. The molecule has 1 amide bonds. The SMILES string of the molecule is NCCCOc1ccc(F)cc1C(=O)NC[C@@H]1CCCOC1. The fourth-order valence-corrected chi connectivity index (χ4v) is 2.37. The molecule has 0 aliphatic carbocycles. The van der Waals surface area contributed by atoms with Gasteiger partial charge in [0, 0.05) is 13.2 Å². The van der Waals surface area contributed by atoms with Crippen molar-refractivity contribution in [2.75, 3.05) is 32.9 Å². The lowest BCUT2D eigenvalue weighted by Gasteiger charge is -2.22. The molecule has 0 spiro atoms. The average molecular weight is 310 g/mol. The minimum atomic E-state index is -0.461. The zero-order valence-electron chi connectivity index (χ0n) is 12.6. The van der Waals surface area contributed by atoms with Crippen molar-refractivity contribution >= 4 is 5.91 Å². The molecule has 1 atom stereocenters. The first-order valence-corrected chi connectivity index (χ1v) is 7.69. The minimum Gasteiger partial charge on any atom is -0.493 e. The topological polar surface area (TPSA) is 73.6 Å². The first-order chi connectivity index (χ1) is 10.7. The van der Waals surface area contributed by atoms with Crippen LogP contribution < -0.4 is 15.8 Å². The molecule has 1 saturated heterocycles. The number of carbonyl (C=O) groups excluding carboxylic acids is 1. The predicted molar refractivity (Wildman–Crippen MR) is 81.4 cm³/mol. The van der Waals surface area contributed by atoms with Gasteiger partial charge in [0.05, 0.1) is 18.8 Å². The second-order valence-corrected chi connectivity index (χ2v) is 5.42. The molecule has 1 fully saturated rings. The molecule has 22 heavy (non-hydrogen) atoms. The Morgan fingerprint density at radius 2 is 2.36 bits per heavy atom. The Morgan fingerprint density at radius 3 is 3.09 bits per heavy atom. The molecule has 0 unspecified atom stereocenters. The maximum absolute atomic E-state index is 13.4. The van der Waals surface area contributed by atoms with Crippen molar-refractivity contribution in [2.24, 2.45) is 11.7 Å². The van der Waals surface area contributed by atoms with Crippen LogP contribution in [0.1, 0.15) is 29.6 Å². The van der Waals surface area contributed by atoms with Crippen LogP contribution in [-0.2, 0) is 4.74 Å². The third-order valence-electron chi connectivity index (χ3n) is 3.60. The van der Waals surface area contributed by atoms with E-state index in [0.29, 0.717) is 44.4 Å². The maximum atomic E-state index is 13.4. The number of carbonyl (C=O) groups is 1. The molecule has 0 bridgehead atoms. The first kappa shape index (κ1) is 16.7. The summed E-state index contributed by atoms with van der Waals surface area (Å²) in [5, 5.41) is 2.84. The molecule has 3 N–H and O–H groups in total. The Labute approximate surface area is 130 Å². The third-order valence-corrected chi connectivity index (χ3v) is 3.60. The number of hydrogen-bond donors (Lipinski definition) is 2. The average Bonchev–Trinajstić information content (AvgIpc) is 2.55. The number of nitrogens with two attached hydrogens (primary N) is 1. The van der Waals surface area contributed by atoms with E-state index in [1.807, 2.05) is 0 Å². The van der Waals surface area contributed by atoms with Crippen molar-refractivity contribution in [3.63, 3.8) is 0 Å². The first-order valence-electron chi connectivity index (χ1n) is 7.69. The van der Waals surface area contributed by atoms with Crippen LogP contribution in [0.2, 0.25) is 0 Å². The van der Waals surface area contributed by atoms with Gasteiger partial charge in [-0.15, -0.1) is 0 Å². The van der Waals surface area contributed by atoms with Gasteiger partial charge in [0.15, 0.2) is 0 Å². The van der Waals surface area contributed by atoms with Crippen molar-refractivity contribution in [1.29, 1.82) is 0 Å². The fourth-order valence-electron chi connectivity index (χ4n) is 2.37. The summed E-state index contributed by atoms with van der Waals surface area (Å²) in [6.45, 7) is 2.87. The minimum absolute atomic E-state index is 0.216. The molecule has 1 aromatic rings. The highest BCUT2D eigenvalue weighted by Gasteiger charge is 2.18. The summed E-state index contributed by atoms with van der Waals surface area (Å²) in [7, 11) is 0. The Bertz CT molecular complexity index is 490. The number of benzene rings is 1. The van der Waals surface area contributed by atoms with Crippen LogP contribution in [0.25, 0.3) is 0 Å². The fraction of sp³-hybridized carbons (Fsp3) is 0.562. The van der Waals surface area contributed by atoms with Gasteiger partial charge in [0.2, 0.25) is 0 Å². The van der Waals surface area contributed by atoms with E-state index >= 15 is 0 Å². The smallest absolute Gasteiger partial charge is 0.255 e. The van der Waals surface area contributed by atoms with E-state index in [-0.39, 0.29) is 11.5 Å². The zero-order valence-corrected chi connectivity index (χ0v) is 12.6. The summed E-state index contributed by atoms with van der Waals surface area (Å²) in [4.78, 5) is 12.3.